The molecule has 10 heavy (non-hydrogen) atoms. The molecule has 2 atom stereocenters. The van der Waals surface area contributed by atoms with E-state index in [-0.39, 0.29) is 12.4 Å². The Labute approximate surface area is 65.4 Å². The van der Waals surface area contributed by atoms with Crippen LogP contribution in [0, 0.1) is 0 Å². The SMILES string of the molecule is CC(O)C(C)(N)C(=O)O.Cl. The molecule has 0 aliphatic rings. The number of aliphatic hydroxyl groups excluding tert-OH is 1. The number of rotatable bonds is 2. The molecular formula is C5H12ClNO3. The Morgan fingerprint density at radius 3 is 2.00 bits per heavy atom. The highest BCUT2D eigenvalue weighted by molar-refractivity contribution is 5.85. The van der Waals surface area contributed by atoms with E-state index < -0.39 is 17.6 Å². The molecule has 0 aromatic carbocycles. The lowest BCUT2D eigenvalue weighted by Gasteiger charge is -2.21. The van der Waals surface area contributed by atoms with Crippen LogP contribution in [0.5, 0.6) is 0 Å². The lowest BCUT2D eigenvalue weighted by atomic mass is 9.98. The predicted molar refractivity (Wildman–Crippen MR) is 39.2 cm³/mol. The Hall–Kier alpha value is -0.320. The topological polar surface area (TPSA) is 83.5 Å². The minimum atomic E-state index is -1.53. The van der Waals surface area contributed by atoms with Crippen LogP contribution in [0.3, 0.4) is 0 Å². The van der Waals surface area contributed by atoms with Gasteiger partial charge in [-0.15, -0.1) is 12.4 Å². The minimum Gasteiger partial charge on any atom is -0.480 e. The first kappa shape index (κ1) is 12.4. The molecule has 2 unspecified atom stereocenters. The third-order valence-electron chi connectivity index (χ3n) is 1.33. The second-order valence-electron chi connectivity index (χ2n) is 2.26. The quantitative estimate of drug-likeness (QED) is 0.525. The molecule has 0 saturated heterocycles. The van der Waals surface area contributed by atoms with E-state index in [1.165, 1.54) is 13.8 Å². The fourth-order valence-electron chi connectivity index (χ4n) is 0.179. The third kappa shape index (κ3) is 2.51. The molecule has 0 radical (unpaired) electrons. The van der Waals surface area contributed by atoms with Crippen LogP contribution in [-0.2, 0) is 4.79 Å². The van der Waals surface area contributed by atoms with Gasteiger partial charge in [-0.25, -0.2) is 0 Å². The smallest absolute Gasteiger partial charge is 0.326 e. The van der Waals surface area contributed by atoms with Gasteiger partial charge < -0.3 is 15.9 Å². The van der Waals surface area contributed by atoms with Crippen molar-refractivity contribution in [2.45, 2.75) is 25.5 Å². The van der Waals surface area contributed by atoms with Crippen molar-refractivity contribution in [3.05, 3.63) is 0 Å². The van der Waals surface area contributed by atoms with Gasteiger partial charge in [-0.05, 0) is 13.8 Å². The van der Waals surface area contributed by atoms with Crippen LogP contribution >= 0.6 is 12.4 Å². The van der Waals surface area contributed by atoms with Gasteiger partial charge in [0, 0.05) is 0 Å². The summed E-state index contributed by atoms with van der Waals surface area (Å²) in [4.78, 5) is 10.2. The number of halogens is 1. The number of carboxylic acids is 1. The number of aliphatic hydroxyl groups is 1. The zero-order chi connectivity index (χ0) is 7.65. The minimum absolute atomic E-state index is 0. The molecule has 4 nitrogen and oxygen atoms in total. The van der Waals surface area contributed by atoms with E-state index in [9.17, 15) is 4.79 Å². The van der Waals surface area contributed by atoms with Crippen LogP contribution in [0.25, 0.3) is 0 Å². The number of carbonyl (C=O) groups is 1. The summed E-state index contributed by atoms with van der Waals surface area (Å²) in [5.41, 5.74) is 3.62. The van der Waals surface area contributed by atoms with Crippen molar-refractivity contribution >= 4 is 18.4 Å². The lowest BCUT2D eigenvalue weighted by molar-refractivity contribution is -0.146. The van der Waals surface area contributed by atoms with E-state index in [1.54, 1.807) is 0 Å². The van der Waals surface area contributed by atoms with Crippen molar-refractivity contribution < 1.29 is 15.0 Å². The van der Waals surface area contributed by atoms with Gasteiger partial charge in [0.2, 0.25) is 0 Å². The molecular weight excluding hydrogens is 158 g/mol. The summed E-state index contributed by atoms with van der Waals surface area (Å²) in [5, 5.41) is 17.1. The molecule has 0 aromatic rings. The first-order chi connectivity index (χ1) is 3.89. The summed E-state index contributed by atoms with van der Waals surface area (Å²) in [6.45, 7) is 2.61. The zero-order valence-electron chi connectivity index (χ0n) is 5.87. The van der Waals surface area contributed by atoms with Crippen LogP contribution < -0.4 is 5.73 Å². The van der Waals surface area contributed by atoms with Crippen molar-refractivity contribution in [2.24, 2.45) is 5.73 Å². The Morgan fingerprint density at radius 1 is 1.70 bits per heavy atom. The summed E-state index contributed by atoms with van der Waals surface area (Å²) in [6.07, 6.45) is -1.03. The van der Waals surface area contributed by atoms with Gasteiger partial charge in [-0.2, -0.15) is 0 Å². The highest BCUT2D eigenvalue weighted by Gasteiger charge is 2.33. The Kier molecular flexibility index (Phi) is 4.64. The van der Waals surface area contributed by atoms with Gasteiger partial charge in [0.1, 0.15) is 5.54 Å². The van der Waals surface area contributed by atoms with E-state index in [0.29, 0.717) is 0 Å². The van der Waals surface area contributed by atoms with E-state index in [1.807, 2.05) is 0 Å². The van der Waals surface area contributed by atoms with Crippen molar-refractivity contribution in [3.63, 3.8) is 0 Å². The lowest BCUT2D eigenvalue weighted by Crippen LogP contribution is -2.53. The number of carboxylic acid groups (broad SMARTS) is 1. The number of aliphatic carboxylic acids is 1. The second-order valence-corrected chi connectivity index (χ2v) is 2.26. The van der Waals surface area contributed by atoms with Crippen molar-refractivity contribution in [1.29, 1.82) is 0 Å². The summed E-state index contributed by atoms with van der Waals surface area (Å²) < 4.78 is 0. The maximum atomic E-state index is 10.2. The zero-order valence-corrected chi connectivity index (χ0v) is 6.68. The fourth-order valence-corrected chi connectivity index (χ4v) is 0.179. The molecule has 0 fully saturated rings. The van der Waals surface area contributed by atoms with E-state index >= 15 is 0 Å². The Balaban J connectivity index is 0. The molecule has 0 spiro atoms. The fraction of sp³-hybridized carbons (Fsp3) is 0.800. The number of hydrogen-bond acceptors (Lipinski definition) is 3. The van der Waals surface area contributed by atoms with Crippen molar-refractivity contribution in [3.8, 4) is 0 Å². The maximum absolute atomic E-state index is 10.2. The molecule has 0 rings (SSSR count). The van der Waals surface area contributed by atoms with E-state index in [2.05, 4.69) is 0 Å². The van der Waals surface area contributed by atoms with E-state index in [0.717, 1.165) is 0 Å². The third-order valence-corrected chi connectivity index (χ3v) is 1.33. The van der Waals surface area contributed by atoms with Gasteiger partial charge >= 0.3 is 5.97 Å². The highest BCUT2D eigenvalue weighted by atomic mass is 35.5. The average molecular weight is 170 g/mol. The van der Waals surface area contributed by atoms with Gasteiger partial charge in [-0.1, -0.05) is 0 Å². The standard InChI is InChI=1S/C5H11NO3.ClH/c1-3(7)5(2,6)4(8)9;/h3,7H,6H2,1-2H3,(H,8,9);1H. The van der Waals surface area contributed by atoms with Gasteiger partial charge in [0.05, 0.1) is 6.10 Å². The predicted octanol–water partition coefficient (Wildman–Crippen LogP) is -0.409. The molecule has 4 N–H and O–H groups in total. The first-order valence-electron chi connectivity index (χ1n) is 2.59. The van der Waals surface area contributed by atoms with Crippen LogP contribution in [-0.4, -0.2) is 27.8 Å². The normalized spacial score (nSPS) is 18.4. The van der Waals surface area contributed by atoms with Crippen LogP contribution in [0.15, 0.2) is 0 Å². The van der Waals surface area contributed by atoms with Gasteiger partial charge in [0.25, 0.3) is 0 Å². The Morgan fingerprint density at radius 2 is 2.00 bits per heavy atom. The van der Waals surface area contributed by atoms with E-state index in [4.69, 9.17) is 15.9 Å². The average Bonchev–Trinajstić information content (AvgIpc) is 1.65. The molecule has 0 aromatic heterocycles. The molecule has 0 aliphatic carbocycles. The summed E-state index contributed by atoms with van der Waals surface area (Å²) >= 11 is 0. The van der Waals surface area contributed by atoms with Crippen LogP contribution in [0.2, 0.25) is 0 Å². The molecule has 62 valence electrons. The number of nitrogens with two attached hydrogens (primary N) is 1. The molecule has 5 heteroatoms. The van der Waals surface area contributed by atoms with Crippen molar-refractivity contribution in [1.82, 2.24) is 0 Å². The van der Waals surface area contributed by atoms with Crippen LogP contribution in [0.4, 0.5) is 0 Å². The van der Waals surface area contributed by atoms with Gasteiger partial charge in [0.15, 0.2) is 0 Å². The monoisotopic (exact) mass is 169 g/mol. The molecule has 0 heterocycles. The maximum Gasteiger partial charge on any atom is 0.326 e. The van der Waals surface area contributed by atoms with Crippen molar-refractivity contribution in [2.75, 3.05) is 0 Å². The molecule has 0 amide bonds. The second kappa shape index (κ2) is 3.75. The summed E-state index contributed by atoms with van der Waals surface area (Å²) in [7, 11) is 0. The summed E-state index contributed by atoms with van der Waals surface area (Å²) in [6, 6.07) is 0. The summed E-state index contributed by atoms with van der Waals surface area (Å²) in [5.74, 6) is -1.20. The van der Waals surface area contributed by atoms with Gasteiger partial charge in [-0.3, -0.25) is 4.79 Å². The molecule has 0 aliphatic heterocycles. The Bertz CT molecular complexity index is 124. The van der Waals surface area contributed by atoms with Crippen LogP contribution in [0.1, 0.15) is 13.8 Å². The molecule has 0 bridgehead atoms. The first-order valence-corrected chi connectivity index (χ1v) is 2.59. The number of hydrogen-bond donors (Lipinski definition) is 3. The molecule has 0 saturated carbocycles. The largest absolute Gasteiger partial charge is 0.480 e. The highest BCUT2D eigenvalue weighted by Crippen LogP contribution is 2.04.